The summed E-state index contributed by atoms with van der Waals surface area (Å²) in [6.45, 7) is 2.69. The molecular weight excluding hydrogens is 589 g/mol. The Morgan fingerprint density at radius 2 is 1.51 bits per heavy atom. The van der Waals surface area contributed by atoms with Gasteiger partial charge in [-0.1, -0.05) is 89.7 Å². The SMILES string of the molecule is CCCCCCCCCCCCCCOc1ccc(OC)cc1OP(=O)(O)Oc1cccc(C(CSC)C(N)C(=O)O)c1. The average Bonchev–Trinajstić information content (AvgIpc) is 2.98. The van der Waals surface area contributed by atoms with Crippen LogP contribution in [0.4, 0.5) is 0 Å². The van der Waals surface area contributed by atoms with Gasteiger partial charge < -0.3 is 29.4 Å². The normalized spacial score (nSPS) is 14.0. The van der Waals surface area contributed by atoms with E-state index >= 15 is 0 Å². The zero-order valence-electron chi connectivity index (χ0n) is 25.9. The van der Waals surface area contributed by atoms with Crippen LogP contribution in [0.25, 0.3) is 0 Å². The Labute approximate surface area is 261 Å². The van der Waals surface area contributed by atoms with Crippen LogP contribution in [0, 0.1) is 0 Å². The zero-order valence-corrected chi connectivity index (χ0v) is 27.6. The number of benzene rings is 2. The first-order chi connectivity index (χ1) is 20.7. The van der Waals surface area contributed by atoms with Crippen molar-refractivity contribution in [1.29, 1.82) is 0 Å². The van der Waals surface area contributed by atoms with Crippen LogP contribution in [0.3, 0.4) is 0 Å². The summed E-state index contributed by atoms with van der Waals surface area (Å²) in [6.07, 6.45) is 16.7. The standard InChI is InChI=1S/C32H50NO8PS/c1-4-5-6-7-8-9-10-11-12-13-14-15-21-39-29-20-19-26(38-2)23-30(29)41-42(36,37)40-27-18-16-17-25(22-27)28(24-43-3)31(33)32(34)35/h16-20,22-23,28,31H,4-15,21,24,33H2,1-3H3,(H,34,35)(H,36,37). The quantitative estimate of drug-likeness (QED) is 0.0761. The fourth-order valence-electron chi connectivity index (χ4n) is 4.77. The molecule has 9 nitrogen and oxygen atoms in total. The van der Waals surface area contributed by atoms with Crippen LogP contribution in [0.5, 0.6) is 23.0 Å². The Kier molecular flexibility index (Phi) is 17.6. The van der Waals surface area contributed by atoms with Crippen LogP contribution in [0.2, 0.25) is 0 Å². The van der Waals surface area contributed by atoms with Crippen LogP contribution >= 0.6 is 19.6 Å². The molecule has 0 saturated heterocycles. The van der Waals surface area contributed by atoms with Gasteiger partial charge in [0.1, 0.15) is 17.5 Å². The van der Waals surface area contributed by atoms with E-state index in [4.69, 9.17) is 24.3 Å². The number of unbranched alkanes of at least 4 members (excludes halogenated alkanes) is 11. The maximum atomic E-state index is 13.0. The number of phosphoric ester groups is 1. The Hall–Kier alpha value is -2.39. The lowest BCUT2D eigenvalue weighted by Crippen LogP contribution is -2.37. The third-order valence-corrected chi connectivity index (χ3v) is 8.75. The molecule has 2 rings (SSSR count). The van der Waals surface area contributed by atoms with Gasteiger partial charge in [0.15, 0.2) is 11.5 Å². The molecule has 0 saturated carbocycles. The van der Waals surface area contributed by atoms with Crippen molar-refractivity contribution in [1.82, 2.24) is 0 Å². The second-order valence-electron chi connectivity index (χ2n) is 10.7. The fraction of sp³-hybridized carbons (Fsp3) is 0.594. The smallest absolute Gasteiger partial charge is 0.497 e. The number of hydrogen-bond acceptors (Lipinski definition) is 8. The first-order valence-corrected chi connectivity index (χ1v) is 18.2. The van der Waals surface area contributed by atoms with Crippen molar-refractivity contribution in [2.24, 2.45) is 5.73 Å². The highest BCUT2D eigenvalue weighted by Gasteiger charge is 2.29. The van der Waals surface area contributed by atoms with Gasteiger partial charge in [-0.25, -0.2) is 4.57 Å². The van der Waals surface area contributed by atoms with Gasteiger partial charge in [-0.15, -0.1) is 0 Å². The molecule has 3 unspecified atom stereocenters. The minimum absolute atomic E-state index is 0.0217. The Bertz CT molecular complexity index is 1130. The number of rotatable bonds is 24. The van der Waals surface area contributed by atoms with E-state index in [0.717, 1.165) is 19.3 Å². The first-order valence-electron chi connectivity index (χ1n) is 15.3. The lowest BCUT2D eigenvalue weighted by molar-refractivity contribution is -0.138. The van der Waals surface area contributed by atoms with E-state index < -0.39 is 25.8 Å². The molecule has 0 fully saturated rings. The van der Waals surface area contributed by atoms with E-state index in [1.807, 2.05) is 6.26 Å². The summed E-state index contributed by atoms with van der Waals surface area (Å²) in [6, 6.07) is 9.98. The van der Waals surface area contributed by atoms with Gasteiger partial charge in [0, 0.05) is 17.7 Å². The number of carboxylic acid groups (broad SMARTS) is 1. The molecule has 0 aromatic heterocycles. The molecule has 0 aliphatic carbocycles. The number of phosphoric acid groups is 1. The molecular formula is C32H50NO8PS. The topological polar surface area (TPSA) is 138 Å². The number of aliphatic carboxylic acids is 1. The number of carbonyl (C=O) groups is 1. The molecule has 0 spiro atoms. The van der Waals surface area contributed by atoms with Crippen molar-refractivity contribution in [3.63, 3.8) is 0 Å². The van der Waals surface area contributed by atoms with Crippen molar-refractivity contribution < 1.29 is 37.9 Å². The van der Waals surface area contributed by atoms with Crippen LogP contribution in [0.1, 0.15) is 95.5 Å². The molecule has 0 aliphatic rings. The number of carboxylic acids is 1. The zero-order chi connectivity index (χ0) is 31.5. The molecule has 2 aromatic carbocycles. The highest BCUT2D eigenvalue weighted by atomic mass is 32.2. The molecule has 242 valence electrons. The molecule has 3 atom stereocenters. The lowest BCUT2D eigenvalue weighted by atomic mass is 9.93. The highest BCUT2D eigenvalue weighted by Crippen LogP contribution is 2.48. The molecule has 4 N–H and O–H groups in total. The van der Waals surface area contributed by atoms with Crippen molar-refractivity contribution in [2.75, 3.05) is 25.7 Å². The summed E-state index contributed by atoms with van der Waals surface area (Å²) < 4.78 is 35.0. The van der Waals surface area contributed by atoms with Crippen LogP contribution in [-0.2, 0) is 9.36 Å². The van der Waals surface area contributed by atoms with Gasteiger partial charge in [-0.2, -0.15) is 11.8 Å². The third-order valence-electron chi connectivity index (χ3n) is 7.19. The van der Waals surface area contributed by atoms with Gasteiger partial charge in [0.2, 0.25) is 0 Å². The Morgan fingerprint density at radius 3 is 2.09 bits per heavy atom. The molecule has 0 aliphatic heterocycles. The minimum atomic E-state index is -4.66. The number of nitrogens with two attached hydrogens (primary N) is 1. The van der Waals surface area contributed by atoms with Gasteiger partial charge in [-0.05, 0) is 42.5 Å². The van der Waals surface area contributed by atoms with Crippen molar-refractivity contribution in [3.05, 3.63) is 48.0 Å². The highest BCUT2D eigenvalue weighted by molar-refractivity contribution is 7.98. The number of hydrogen-bond donors (Lipinski definition) is 3. The summed E-state index contributed by atoms with van der Waals surface area (Å²) in [7, 11) is -3.18. The molecule has 11 heteroatoms. The summed E-state index contributed by atoms with van der Waals surface area (Å²) in [5.41, 5.74) is 6.48. The predicted molar refractivity (Wildman–Crippen MR) is 174 cm³/mol. The van der Waals surface area contributed by atoms with Gasteiger partial charge in [0.05, 0.1) is 13.7 Å². The van der Waals surface area contributed by atoms with Crippen LogP contribution in [0.15, 0.2) is 42.5 Å². The lowest BCUT2D eigenvalue weighted by Gasteiger charge is -2.21. The van der Waals surface area contributed by atoms with Gasteiger partial charge in [0.25, 0.3) is 0 Å². The molecule has 2 aromatic rings. The van der Waals surface area contributed by atoms with Gasteiger partial charge >= 0.3 is 13.8 Å². The summed E-state index contributed by atoms with van der Waals surface area (Å²) >= 11 is 1.45. The van der Waals surface area contributed by atoms with E-state index in [0.29, 0.717) is 29.4 Å². The predicted octanol–water partition coefficient (Wildman–Crippen LogP) is 8.19. The first kappa shape index (κ1) is 36.8. The summed E-state index contributed by atoms with van der Waals surface area (Å²) in [4.78, 5) is 22.1. The second kappa shape index (κ2) is 20.5. The number of methoxy groups -OCH3 is 1. The van der Waals surface area contributed by atoms with Gasteiger partial charge in [-0.3, -0.25) is 9.69 Å². The number of thioether (sulfide) groups is 1. The summed E-state index contributed by atoms with van der Waals surface area (Å²) in [5.74, 6) is -0.389. The third kappa shape index (κ3) is 14.3. The van der Waals surface area contributed by atoms with Crippen LogP contribution < -0.4 is 24.3 Å². The van der Waals surface area contributed by atoms with E-state index in [2.05, 4.69) is 6.92 Å². The van der Waals surface area contributed by atoms with Crippen molar-refractivity contribution >= 4 is 25.6 Å². The van der Waals surface area contributed by atoms with E-state index in [1.165, 1.54) is 94.9 Å². The van der Waals surface area contributed by atoms with Crippen molar-refractivity contribution in [3.8, 4) is 23.0 Å². The number of ether oxygens (including phenoxy) is 2. The van der Waals surface area contributed by atoms with E-state index in [9.17, 15) is 19.4 Å². The van der Waals surface area contributed by atoms with E-state index in [1.54, 1.807) is 24.3 Å². The molecule has 0 amide bonds. The summed E-state index contributed by atoms with van der Waals surface area (Å²) in [5, 5.41) is 9.41. The Morgan fingerprint density at radius 1 is 0.884 bits per heavy atom. The second-order valence-corrected chi connectivity index (χ2v) is 12.9. The van der Waals surface area contributed by atoms with Crippen LogP contribution in [-0.4, -0.2) is 47.7 Å². The minimum Gasteiger partial charge on any atom is -0.497 e. The fourth-order valence-corrected chi connectivity index (χ4v) is 6.34. The molecule has 0 bridgehead atoms. The molecule has 43 heavy (non-hydrogen) atoms. The molecule has 0 radical (unpaired) electrons. The molecule has 0 heterocycles. The van der Waals surface area contributed by atoms with Crippen molar-refractivity contribution in [2.45, 2.75) is 95.9 Å². The largest absolute Gasteiger partial charge is 0.585 e. The monoisotopic (exact) mass is 639 g/mol. The Balaban J connectivity index is 1.91. The average molecular weight is 640 g/mol. The maximum absolute atomic E-state index is 13.0. The van der Waals surface area contributed by atoms with E-state index in [-0.39, 0.29) is 11.5 Å². The maximum Gasteiger partial charge on any atom is 0.585 e.